The van der Waals surface area contributed by atoms with E-state index in [4.69, 9.17) is 0 Å². The molecule has 0 heterocycles. The number of carbonyl (C=O) groups excluding carboxylic acids is 1. The number of benzene rings is 1. The van der Waals surface area contributed by atoms with Crippen LogP contribution in [0.1, 0.15) is 38.1 Å². The third-order valence-corrected chi connectivity index (χ3v) is 1.12. The Morgan fingerprint density at radius 1 is 1.27 bits per heavy atom. The molecule has 2 heteroatoms. The Bertz CT molecular complexity index is 266. The van der Waals surface area contributed by atoms with Gasteiger partial charge in [-0.15, -0.1) is 0 Å². The summed E-state index contributed by atoms with van der Waals surface area (Å²) >= 11 is 0. The third-order valence-electron chi connectivity index (χ3n) is 1.12. The fraction of sp³-hybridized carbons (Fsp3) is 0.385. The first kappa shape index (κ1) is 16.8. The molecule has 0 aliphatic heterocycles. The summed E-state index contributed by atoms with van der Waals surface area (Å²) in [6.45, 7) is 11.6. The van der Waals surface area contributed by atoms with Gasteiger partial charge in [-0.05, 0) is 6.92 Å². The van der Waals surface area contributed by atoms with Crippen LogP contribution in [0, 0.1) is 18.4 Å². The molecular weight excluding hydrogens is 236 g/mol. The van der Waals surface area contributed by atoms with Crippen LogP contribution >= 0.6 is 0 Å². The Morgan fingerprint density at radius 3 is 1.80 bits per heavy atom. The van der Waals surface area contributed by atoms with Crippen LogP contribution < -0.4 is 0 Å². The first-order valence-electron chi connectivity index (χ1n) is 4.63. The Hall–Kier alpha value is -0.591. The summed E-state index contributed by atoms with van der Waals surface area (Å²) in [6.07, 6.45) is 0. The van der Waals surface area contributed by atoms with E-state index in [2.05, 4.69) is 33.8 Å². The predicted octanol–water partition coefficient (Wildman–Crippen LogP) is 3.55. The Balaban J connectivity index is 0. The number of Topliss-reactive ketones (excluding diaryl/α,β-unsaturated/α-hetero) is 1. The van der Waals surface area contributed by atoms with Crippen LogP contribution in [-0.2, 0) is 17.1 Å². The van der Waals surface area contributed by atoms with Gasteiger partial charge in [0.15, 0.2) is 0 Å². The maximum atomic E-state index is 10.6. The molecule has 0 fully saturated rings. The second-order valence-electron chi connectivity index (χ2n) is 4.41. The van der Waals surface area contributed by atoms with Gasteiger partial charge >= 0.3 is 17.1 Å². The topological polar surface area (TPSA) is 17.1 Å². The van der Waals surface area contributed by atoms with E-state index in [1.807, 2.05) is 0 Å². The second kappa shape index (κ2) is 7.67. The van der Waals surface area contributed by atoms with Crippen LogP contribution in [0.25, 0.3) is 0 Å². The van der Waals surface area contributed by atoms with E-state index in [-0.39, 0.29) is 28.3 Å². The fourth-order valence-electron chi connectivity index (χ4n) is 0.622. The zero-order chi connectivity index (χ0) is 11.2. The van der Waals surface area contributed by atoms with Crippen molar-refractivity contribution >= 4 is 5.78 Å². The molecule has 0 bridgehead atoms. The summed E-state index contributed by atoms with van der Waals surface area (Å²) in [7, 11) is 0. The first-order chi connectivity index (χ1) is 6.30. The second-order valence-corrected chi connectivity index (χ2v) is 4.41. The first-order valence-corrected chi connectivity index (χ1v) is 4.63. The Kier molecular flexibility index (Phi) is 8.60. The van der Waals surface area contributed by atoms with Gasteiger partial charge in [0, 0.05) is 0 Å². The molecule has 15 heavy (non-hydrogen) atoms. The zero-order valence-electron chi connectivity index (χ0n) is 9.73. The predicted molar refractivity (Wildman–Crippen MR) is 60.1 cm³/mol. The molecule has 0 aromatic heterocycles. The van der Waals surface area contributed by atoms with Crippen molar-refractivity contribution in [1.29, 1.82) is 0 Å². The molecule has 1 rings (SSSR count). The number of ketones is 1. The molecule has 0 spiro atoms. The number of rotatable bonds is 1. The van der Waals surface area contributed by atoms with Crippen molar-refractivity contribution in [3.8, 4) is 0 Å². The molecule has 0 saturated carbocycles. The average molecular weight is 254 g/mol. The number of hydrogen-bond acceptors (Lipinski definition) is 1. The van der Waals surface area contributed by atoms with Gasteiger partial charge in [0.05, 0.1) is 0 Å². The van der Waals surface area contributed by atoms with Gasteiger partial charge in [0.1, 0.15) is 5.78 Å². The Morgan fingerprint density at radius 2 is 1.60 bits per heavy atom. The fourth-order valence-corrected chi connectivity index (χ4v) is 0.622. The molecule has 1 aromatic carbocycles. The molecular formula is C13H18CuO. The van der Waals surface area contributed by atoms with Gasteiger partial charge in [-0.1, -0.05) is 26.3 Å². The van der Waals surface area contributed by atoms with Crippen LogP contribution in [-0.4, -0.2) is 5.78 Å². The maximum absolute atomic E-state index is 10.6. The van der Waals surface area contributed by atoms with Gasteiger partial charge in [-0.25, -0.2) is 0 Å². The minimum absolute atomic E-state index is 0. The summed E-state index contributed by atoms with van der Waals surface area (Å²) in [5, 5.41) is 0. The average Bonchev–Trinajstić information content (AvgIpc) is 2.03. The Labute approximate surface area is 104 Å². The van der Waals surface area contributed by atoms with E-state index in [1.54, 1.807) is 31.2 Å². The van der Waals surface area contributed by atoms with Crippen LogP contribution in [0.4, 0.5) is 0 Å². The zero-order valence-corrected chi connectivity index (χ0v) is 10.7. The maximum Gasteiger partial charge on any atom is 2.00 e. The van der Waals surface area contributed by atoms with E-state index in [9.17, 15) is 4.79 Å². The minimum atomic E-state index is 0. The van der Waals surface area contributed by atoms with Crippen molar-refractivity contribution in [2.45, 2.75) is 27.7 Å². The van der Waals surface area contributed by atoms with Crippen LogP contribution in [0.2, 0.25) is 0 Å². The largest absolute Gasteiger partial charge is 2.00 e. The van der Waals surface area contributed by atoms with E-state index in [1.165, 1.54) is 0 Å². The van der Waals surface area contributed by atoms with Gasteiger partial charge in [0.2, 0.25) is 0 Å². The quantitative estimate of drug-likeness (QED) is 0.425. The van der Waals surface area contributed by atoms with E-state index in [0.29, 0.717) is 0 Å². The summed E-state index contributed by atoms with van der Waals surface area (Å²) in [6, 6.07) is 9.81. The van der Waals surface area contributed by atoms with Crippen LogP contribution in [0.3, 0.4) is 0 Å². The van der Waals surface area contributed by atoms with Crippen molar-refractivity contribution in [3.05, 3.63) is 42.8 Å². The molecule has 1 nitrogen and oxygen atoms in total. The molecule has 0 amide bonds. The van der Waals surface area contributed by atoms with Crippen molar-refractivity contribution in [3.63, 3.8) is 0 Å². The minimum Gasteiger partial charge on any atom is -0.338 e. The van der Waals surface area contributed by atoms with Crippen molar-refractivity contribution < 1.29 is 21.9 Å². The standard InChI is InChI=1S/C8H7O.C5H11.Cu/c1-7(9)8-5-3-2-4-6-8;1-5(2,3)4;/h3-6H,1H3;1H2,2-4H3;/q2*-1;+2. The van der Waals surface area contributed by atoms with Gasteiger partial charge in [-0.3, -0.25) is 4.79 Å². The molecule has 87 valence electrons. The molecule has 0 aliphatic carbocycles. The summed E-state index contributed by atoms with van der Waals surface area (Å²) in [4.78, 5) is 10.6. The van der Waals surface area contributed by atoms with E-state index in [0.717, 1.165) is 5.56 Å². The molecule has 0 atom stereocenters. The molecule has 0 N–H and O–H groups in total. The van der Waals surface area contributed by atoms with Gasteiger partial charge < -0.3 is 6.92 Å². The van der Waals surface area contributed by atoms with Crippen molar-refractivity contribution in [2.75, 3.05) is 0 Å². The summed E-state index contributed by atoms with van der Waals surface area (Å²) in [5.74, 6) is 0.101. The molecule has 0 aliphatic rings. The van der Waals surface area contributed by atoms with Gasteiger partial charge in [0.25, 0.3) is 0 Å². The van der Waals surface area contributed by atoms with Crippen LogP contribution in [0.15, 0.2) is 24.3 Å². The van der Waals surface area contributed by atoms with Crippen molar-refractivity contribution in [2.24, 2.45) is 5.41 Å². The summed E-state index contributed by atoms with van der Waals surface area (Å²) in [5.41, 5.74) is 0.994. The molecule has 1 aromatic rings. The van der Waals surface area contributed by atoms with Crippen molar-refractivity contribution in [1.82, 2.24) is 0 Å². The summed E-state index contributed by atoms with van der Waals surface area (Å²) < 4.78 is 0. The normalized spacial score (nSPS) is 9.40. The van der Waals surface area contributed by atoms with Gasteiger partial charge in [-0.2, -0.15) is 35.7 Å². The number of hydrogen-bond donors (Lipinski definition) is 0. The van der Waals surface area contributed by atoms with E-state index < -0.39 is 0 Å². The molecule has 0 saturated heterocycles. The number of carbonyl (C=O) groups is 1. The smallest absolute Gasteiger partial charge is 0.338 e. The van der Waals surface area contributed by atoms with E-state index >= 15 is 0 Å². The third kappa shape index (κ3) is 13.4. The molecule has 0 unspecified atom stereocenters. The SMILES string of the molecule is CC(=O)c1cc[c-]cc1.[CH2-]C(C)(C)C.[Cu+2]. The van der Waals surface area contributed by atoms with Crippen LogP contribution in [0.5, 0.6) is 0 Å². The monoisotopic (exact) mass is 253 g/mol. The molecule has 1 radical (unpaired) electrons.